The molecule has 6 rings (SSSR count). The molecule has 2 N–H and O–H groups in total. The average molecular weight is 503 g/mol. The lowest BCUT2D eigenvalue weighted by Crippen LogP contribution is -2.76. The number of hydrogen-bond acceptors (Lipinski definition) is 6. The summed E-state index contributed by atoms with van der Waals surface area (Å²) in [6.45, 7) is 9.45. The van der Waals surface area contributed by atoms with Gasteiger partial charge in [-0.25, -0.2) is 4.79 Å². The third-order valence-corrected chi connectivity index (χ3v) is 11.9. The summed E-state index contributed by atoms with van der Waals surface area (Å²) in [5.41, 5.74) is -0.733. The monoisotopic (exact) mass is 502 g/mol. The van der Waals surface area contributed by atoms with E-state index in [0.717, 1.165) is 17.6 Å². The number of rotatable bonds is 1. The predicted molar refractivity (Wildman–Crippen MR) is 129 cm³/mol. The summed E-state index contributed by atoms with van der Waals surface area (Å²) in [6, 6.07) is 0. The molecule has 0 radical (unpaired) electrons. The molecule has 1 saturated heterocycles. The SMILES string of the molecule is CC1=C(C)[C@H]([C@H]2O[C@]3(O)C[C@H]4[C@@H](C[C@H](Cl)C5=CC=CC(=O)[C@@]54C)[C@@H]4CC[C@](O)([C@@H]2C)[C@]43C)OC1=O. The van der Waals surface area contributed by atoms with Gasteiger partial charge in [0, 0.05) is 17.9 Å². The Morgan fingerprint density at radius 1 is 1.14 bits per heavy atom. The molecule has 6 nitrogen and oxygen atoms in total. The Bertz CT molecular complexity index is 1120. The van der Waals surface area contributed by atoms with Crippen molar-refractivity contribution in [3.8, 4) is 0 Å². The van der Waals surface area contributed by atoms with Gasteiger partial charge in [-0.1, -0.05) is 26.0 Å². The van der Waals surface area contributed by atoms with E-state index in [4.69, 9.17) is 21.1 Å². The molecule has 190 valence electrons. The highest BCUT2D eigenvalue weighted by Gasteiger charge is 2.79. The molecule has 0 aromatic carbocycles. The van der Waals surface area contributed by atoms with Crippen LogP contribution in [0.1, 0.15) is 60.3 Å². The second-order valence-corrected chi connectivity index (χ2v) is 12.8. The van der Waals surface area contributed by atoms with Crippen molar-refractivity contribution in [3.05, 3.63) is 34.9 Å². The molecule has 2 aliphatic heterocycles. The topological polar surface area (TPSA) is 93.1 Å². The van der Waals surface area contributed by atoms with Crippen LogP contribution < -0.4 is 0 Å². The molecule has 0 amide bonds. The zero-order chi connectivity index (χ0) is 25.3. The summed E-state index contributed by atoms with van der Waals surface area (Å²) >= 11 is 6.91. The first-order chi connectivity index (χ1) is 16.3. The van der Waals surface area contributed by atoms with Gasteiger partial charge in [0.25, 0.3) is 0 Å². The van der Waals surface area contributed by atoms with Crippen molar-refractivity contribution in [1.29, 1.82) is 0 Å². The third kappa shape index (κ3) is 2.57. The average Bonchev–Trinajstić information content (AvgIpc) is 3.23. The number of esters is 1. The first kappa shape index (κ1) is 23.9. The highest BCUT2D eigenvalue weighted by molar-refractivity contribution is 6.23. The molecular formula is C28H35ClO6. The van der Waals surface area contributed by atoms with E-state index in [1.165, 1.54) is 0 Å². The summed E-state index contributed by atoms with van der Waals surface area (Å²) in [6.07, 6.45) is 6.15. The molecule has 7 heteroatoms. The van der Waals surface area contributed by atoms with Gasteiger partial charge in [-0.3, -0.25) is 4.79 Å². The van der Waals surface area contributed by atoms with Crippen molar-refractivity contribution in [2.45, 2.75) is 89.3 Å². The van der Waals surface area contributed by atoms with E-state index in [1.807, 2.05) is 33.8 Å². The van der Waals surface area contributed by atoms with E-state index in [2.05, 4.69) is 0 Å². The number of cyclic esters (lactones) is 1. The number of alkyl halides is 1. The zero-order valence-electron chi connectivity index (χ0n) is 21.0. The second-order valence-electron chi connectivity index (χ2n) is 12.3. The van der Waals surface area contributed by atoms with Crippen LogP contribution in [0.4, 0.5) is 0 Å². The van der Waals surface area contributed by atoms with Gasteiger partial charge in [0.1, 0.15) is 6.10 Å². The van der Waals surface area contributed by atoms with Crippen LogP contribution in [0.2, 0.25) is 0 Å². The minimum absolute atomic E-state index is 0.00987. The number of ether oxygens (including phenoxy) is 2. The van der Waals surface area contributed by atoms with Crippen molar-refractivity contribution >= 4 is 23.4 Å². The normalized spacial score (nSPS) is 54.7. The molecule has 0 spiro atoms. The fourth-order valence-electron chi connectivity index (χ4n) is 9.11. The van der Waals surface area contributed by atoms with Gasteiger partial charge >= 0.3 is 5.97 Å². The van der Waals surface area contributed by atoms with Crippen LogP contribution in [0.25, 0.3) is 0 Å². The number of ketones is 1. The lowest BCUT2D eigenvalue weighted by Gasteiger charge is -2.68. The number of hydrogen-bond donors (Lipinski definition) is 2. The van der Waals surface area contributed by atoms with E-state index in [-0.39, 0.29) is 47.2 Å². The summed E-state index contributed by atoms with van der Waals surface area (Å²) in [5.74, 6) is -2.57. The highest BCUT2D eigenvalue weighted by atomic mass is 35.5. The molecule has 2 heterocycles. The first-order valence-corrected chi connectivity index (χ1v) is 13.3. The van der Waals surface area contributed by atoms with E-state index in [9.17, 15) is 19.8 Å². The lowest BCUT2D eigenvalue weighted by atomic mass is 9.43. The number of carbonyl (C=O) groups excluding carboxylic acids is 2. The minimum atomic E-state index is -1.68. The number of carbonyl (C=O) groups is 2. The number of fused-ring (bicyclic) bond motifs is 4. The Morgan fingerprint density at radius 2 is 1.86 bits per heavy atom. The first-order valence-electron chi connectivity index (χ1n) is 12.9. The van der Waals surface area contributed by atoms with Crippen LogP contribution in [0.5, 0.6) is 0 Å². The van der Waals surface area contributed by atoms with Crippen LogP contribution in [0, 0.1) is 34.5 Å². The Hall–Kier alpha value is -1.47. The Labute approximate surface area is 211 Å². The maximum atomic E-state index is 13.4. The number of aliphatic hydroxyl groups is 2. The van der Waals surface area contributed by atoms with Gasteiger partial charge in [0.2, 0.25) is 0 Å². The van der Waals surface area contributed by atoms with Crippen molar-refractivity contribution in [2.24, 2.45) is 34.5 Å². The van der Waals surface area contributed by atoms with E-state index < -0.39 is 34.4 Å². The van der Waals surface area contributed by atoms with Crippen LogP contribution in [-0.4, -0.2) is 50.9 Å². The Morgan fingerprint density at radius 3 is 2.51 bits per heavy atom. The van der Waals surface area contributed by atoms with Crippen LogP contribution in [0.15, 0.2) is 34.9 Å². The Kier molecular flexibility index (Phi) is 4.84. The molecule has 0 aromatic heterocycles. The smallest absolute Gasteiger partial charge is 0.334 e. The van der Waals surface area contributed by atoms with Crippen molar-refractivity contribution < 1.29 is 29.3 Å². The molecule has 0 aromatic rings. The number of allylic oxidation sites excluding steroid dienone is 4. The summed E-state index contributed by atoms with van der Waals surface area (Å²) in [5, 5.41) is 24.5. The summed E-state index contributed by atoms with van der Waals surface area (Å²) in [7, 11) is 0. The summed E-state index contributed by atoms with van der Waals surface area (Å²) in [4.78, 5) is 25.7. The largest absolute Gasteiger partial charge is 0.452 e. The van der Waals surface area contributed by atoms with Gasteiger partial charge in [-0.15, -0.1) is 11.6 Å². The van der Waals surface area contributed by atoms with Crippen LogP contribution >= 0.6 is 11.6 Å². The maximum absolute atomic E-state index is 13.4. The van der Waals surface area contributed by atoms with Crippen molar-refractivity contribution in [3.63, 3.8) is 0 Å². The van der Waals surface area contributed by atoms with Crippen molar-refractivity contribution in [1.82, 2.24) is 0 Å². The molecule has 4 fully saturated rings. The molecule has 6 aliphatic rings. The van der Waals surface area contributed by atoms with Gasteiger partial charge in [0.15, 0.2) is 17.7 Å². The molecular weight excluding hydrogens is 468 g/mol. The quantitative estimate of drug-likeness (QED) is 0.418. The molecule has 11 atom stereocenters. The molecule has 3 saturated carbocycles. The van der Waals surface area contributed by atoms with E-state index in [0.29, 0.717) is 18.4 Å². The van der Waals surface area contributed by atoms with Gasteiger partial charge in [-0.2, -0.15) is 0 Å². The molecule has 0 bridgehead atoms. The second kappa shape index (κ2) is 7.09. The van der Waals surface area contributed by atoms with Gasteiger partial charge in [-0.05, 0) is 75.0 Å². The fourth-order valence-corrected chi connectivity index (χ4v) is 9.62. The van der Waals surface area contributed by atoms with Crippen LogP contribution in [-0.2, 0) is 19.1 Å². The Balaban J connectivity index is 1.47. The van der Waals surface area contributed by atoms with Crippen LogP contribution in [0.3, 0.4) is 0 Å². The van der Waals surface area contributed by atoms with Gasteiger partial charge < -0.3 is 19.7 Å². The third-order valence-electron chi connectivity index (χ3n) is 11.4. The lowest BCUT2D eigenvalue weighted by molar-refractivity contribution is -0.413. The molecule has 35 heavy (non-hydrogen) atoms. The van der Waals surface area contributed by atoms with Crippen molar-refractivity contribution in [2.75, 3.05) is 0 Å². The molecule has 4 aliphatic carbocycles. The maximum Gasteiger partial charge on any atom is 0.334 e. The summed E-state index contributed by atoms with van der Waals surface area (Å²) < 4.78 is 12.3. The fraction of sp³-hybridized carbons (Fsp3) is 0.714. The predicted octanol–water partition coefficient (Wildman–Crippen LogP) is 3.84. The standard InChI is InChI=1S/C28H35ClO6/c1-13-14(2)24(31)34-22(13)23-15(3)27(32)10-9-17-16-11-20(29)18-7-6-8-21(30)25(18,4)19(16)12-28(33,35-23)26(17,27)5/h6-8,15-17,19-20,22-23,32-33H,9-12H2,1-5H3/t15-,16+,17+,19+,20+,22-,23+,25+,26+,27+,28-/m1/s1. The molecule has 0 unspecified atom stereocenters. The van der Waals surface area contributed by atoms with Gasteiger partial charge in [0.05, 0.1) is 21.8 Å². The zero-order valence-corrected chi connectivity index (χ0v) is 21.8. The minimum Gasteiger partial charge on any atom is -0.452 e. The van der Waals surface area contributed by atoms with E-state index >= 15 is 0 Å². The number of halogens is 1. The van der Waals surface area contributed by atoms with E-state index in [1.54, 1.807) is 19.1 Å². The highest BCUT2D eigenvalue weighted by Crippen LogP contribution is 2.73.